The lowest BCUT2D eigenvalue weighted by atomic mass is 10.0. The topological polar surface area (TPSA) is 101 Å². The Labute approximate surface area is 179 Å². The number of rotatable bonds is 6. The van der Waals surface area contributed by atoms with Gasteiger partial charge in [-0.25, -0.2) is 4.79 Å². The van der Waals surface area contributed by atoms with E-state index in [1.807, 2.05) is 30.3 Å². The smallest absolute Gasteiger partial charge is 0.332 e. The van der Waals surface area contributed by atoms with Gasteiger partial charge in [0.2, 0.25) is 0 Å². The largest absolute Gasteiger partial charge is 0.463 e. The minimum absolute atomic E-state index is 0.0135. The maximum absolute atomic E-state index is 12.0. The van der Waals surface area contributed by atoms with E-state index in [9.17, 15) is 14.9 Å². The fraction of sp³-hybridized carbons (Fsp3) is 0.217. The number of non-ortho nitro benzene ring substituents is 1. The van der Waals surface area contributed by atoms with Gasteiger partial charge in [0.25, 0.3) is 5.69 Å². The molecule has 1 N–H and O–H groups in total. The number of carbonyl (C=O) groups excluding carboxylic acids is 1. The van der Waals surface area contributed by atoms with Crippen LogP contribution in [0.15, 0.2) is 71.5 Å². The highest BCUT2D eigenvalue weighted by Crippen LogP contribution is 2.36. The molecular formula is C23H22N4O4. The van der Waals surface area contributed by atoms with Crippen LogP contribution in [0.5, 0.6) is 0 Å². The third kappa shape index (κ3) is 4.18. The summed E-state index contributed by atoms with van der Waals surface area (Å²) < 4.78 is 5.04. The molecule has 4 rings (SSSR count). The molecule has 0 aliphatic carbocycles. The fourth-order valence-electron chi connectivity index (χ4n) is 3.75. The molecule has 1 aromatic heterocycles. The number of esters is 1. The lowest BCUT2D eigenvalue weighted by Gasteiger charge is -2.23. The van der Waals surface area contributed by atoms with Gasteiger partial charge in [-0.2, -0.15) is 5.10 Å². The normalized spacial score (nSPS) is 16.5. The zero-order valence-electron chi connectivity index (χ0n) is 17.2. The number of hydrogen-bond acceptors (Lipinski definition) is 6. The van der Waals surface area contributed by atoms with E-state index in [0.717, 1.165) is 16.6 Å². The van der Waals surface area contributed by atoms with Crippen LogP contribution < -0.4 is 0 Å². The first-order valence-electron chi connectivity index (χ1n) is 10.0. The number of aromatic nitrogens is 1. The van der Waals surface area contributed by atoms with E-state index in [2.05, 4.69) is 11.1 Å². The molecule has 1 aliphatic rings. The van der Waals surface area contributed by atoms with Crippen molar-refractivity contribution in [1.29, 1.82) is 0 Å². The zero-order valence-corrected chi connectivity index (χ0v) is 17.2. The van der Waals surface area contributed by atoms with Gasteiger partial charge in [-0.05, 0) is 31.4 Å². The summed E-state index contributed by atoms with van der Waals surface area (Å²) in [6.07, 6.45) is 1.95. The first-order chi connectivity index (χ1) is 15.0. The second-order valence-electron chi connectivity index (χ2n) is 7.27. The Balaban J connectivity index is 1.74. The average molecular weight is 418 g/mol. The van der Waals surface area contributed by atoms with Crippen molar-refractivity contribution < 1.29 is 14.5 Å². The van der Waals surface area contributed by atoms with Gasteiger partial charge in [0, 0.05) is 47.1 Å². The molecule has 0 fully saturated rings. The first kappa shape index (κ1) is 20.3. The van der Waals surface area contributed by atoms with Gasteiger partial charge < -0.3 is 9.72 Å². The number of allylic oxidation sites excluding steroid dienone is 1. The number of nitrogens with one attached hydrogen (secondary N) is 1. The van der Waals surface area contributed by atoms with Crippen molar-refractivity contribution in [1.82, 2.24) is 9.99 Å². The summed E-state index contributed by atoms with van der Waals surface area (Å²) in [6, 6.07) is 16.3. The standard InChI is InChI=1S/C23H22N4O4/c1-3-31-23(28)11-15(2)26-22(21-13-17-7-4-5-10-19(17)24-21)14-20(25-26)16-8-6-9-18(12-16)27(29)30/h4-13,22,24H,3,14H2,1-2H3/b15-11-. The summed E-state index contributed by atoms with van der Waals surface area (Å²) in [4.78, 5) is 26.2. The summed E-state index contributed by atoms with van der Waals surface area (Å²) in [5.41, 5.74) is 3.99. The van der Waals surface area contributed by atoms with Crippen LogP contribution in [0.25, 0.3) is 10.9 Å². The summed E-state index contributed by atoms with van der Waals surface area (Å²) in [7, 11) is 0. The lowest BCUT2D eigenvalue weighted by molar-refractivity contribution is -0.384. The highest BCUT2D eigenvalue weighted by Gasteiger charge is 2.31. The minimum Gasteiger partial charge on any atom is -0.463 e. The van der Waals surface area contributed by atoms with Gasteiger partial charge in [-0.3, -0.25) is 15.1 Å². The van der Waals surface area contributed by atoms with Crippen LogP contribution in [0, 0.1) is 10.1 Å². The van der Waals surface area contributed by atoms with Gasteiger partial charge in [0.15, 0.2) is 0 Å². The van der Waals surface area contributed by atoms with E-state index < -0.39 is 10.9 Å². The highest BCUT2D eigenvalue weighted by molar-refractivity contribution is 6.02. The van der Waals surface area contributed by atoms with E-state index >= 15 is 0 Å². The predicted molar refractivity (Wildman–Crippen MR) is 118 cm³/mol. The Morgan fingerprint density at radius 3 is 2.84 bits per heavy atom. The Hall–Kier alpha value is -3.94. The van der Waals surface area contributed by atoms with Crippen LogP contribution in [-0.2, 0) is 9.53 Å². The van der Waals surface area contributed by atoms with E-state index in [4.69, 9.17) is 9.84 Å². The van der Waals surface area contributed by atoms with Gasteiger partial charge >= 0.3 is 5.97 Å². The summed E-state index contributed by atoms with van der Waals surface area (Å²) >= 11 is 0. The number of fused-ring (bicyclic) bond motifs is 1. The van der Waals surface area contributed by atoms with Crippen molar-refractivity contribution in [2.45, 2.75) is 26.3 Å². The van der Waals surface area contributed by atoms with Crippen LogP contribution in [-0.4, -0.2) is 33.2 Å². The van der Waals surface area contributed by atoms with Crippen molar-refractivity contribution in [3.8, 4) is 0 Å². The molecule has 2 aromatic carbocycles. The number of nitro groups is 1. The molecular weight excluding hydrogens is 396 g/mol. The van der Waals surface area contributed by atoms with Gasteiger partial charge in [-0.1, -0.05) is 30.3 Å². The number of para-hydroxylation sites is 1. The molecule has 0 saturated carbocycles. The number of hydrazone groups is 1. The average Bonchev–Trinajstić information content (AvgIpc) is 3.38. The molecule has 158 valence electrons. The lowest BCUT2D eigenvalue weighted by Crippen LogP contribution is -2.19. The molecule has 1 unspecified atom stereocenters. The molecule has 1 aliphatic heterocycles. The maximum Gasteiger partial charge on any atom is 0.332 e. The second kappa shape index (κ2) is 8.43. The molecule has 31 heavy (non-hydrogen) atoms. The number of carbonyl (C=O) groups is 1. The van der Waals surface area contributed by atoms with E-state index in [1.54, 1.807) is 24.9 Å². The van der Waals surface area contributed by atoms with E-state index in [1.165, 1.54) is 18.2 Å². The Morgan fingerprint density at radius 1 is 1.29 bits per heavy atom. The third-order valence-electron chi connectivity index (χ3n) is 5.19. The van der Waals surface area contributed by atoms with Crippen LogP contribution in [0.1, 0.15) is 37.6 Å². The van der Waals surface area contributed by atoms with Crippen LogP contribution >= 0.6 is 0 Å². The number of nitro benzene ring substituents is 1. The quantitative estimate of drug-likeness (QED) is 0.271. The number of aromatic amines is 1. The molecule has 1 atom stereocenters. The molecule has 0 amide bonds. The number of nitrogens with zero attached hydrogens (tertiary/aromatic N) is 3. The first-order valence-corrected chi connectivity index (χ1v) is 10.0. The summed E-state index contributed by atoms with van der Waals surface area (Å²) in [5, 5.41) is 18.8. The number of H-pyrrole nitrogens is 1. The number of benzene rings is 2. The van der Waals surface area contributed by atoms with Gasteiger partial charge in [0.05, 0.1) is 23.3 Å². The number of ether oxygens (including phenoxy) is 1. The zero-order chi connectivity index (χ0) is 22.0. The molecule has 0 saturated heterocycles. The highest BCUT2D eigenvalue weighted by atomic mass is 16.6. The van der Waals surface area contributed by atoms with Crippen LogP contribution in [0.3, 0.4) is 0 Å². The van der Waals surface area contributed by atoms with Crippen molar-refractivity contribution in [2.24, 2.45) is 5.10 Å². The fourth-order valence-corrected chi connectivity index (χ4v) is 3.75. The second-order valence-corrected chi connectivity index (χ2v) is 7.27. The molecule has 3 aromatic rings. The van der Waals surface area contributed by atoms with Crippen molar-refractivity contribution in [2.75, 3.05) is 6.61 Å². The molecule has 0 radical (unpaired) electrons. The maximum atomic E-state index is 12.0. The van der Waals surface area contributed by atoms with Crippen LogP contribution in [0.4, 0.5) is 5.69 Å². The third-order valence-corrected chi connectivity index (χ3v) is 5.19. The molecule has 8 heteroatoms. The van der Waals surface area contributed by atoms with E-state index in [-0.39, 0.29) is 18.3 Å². The van der Waals surface area contributed by atoms with Crippen LogP contribution in [0.2, 0.25) is 0 Å². The van der Waals surface area contributed by atoms with E-state index in [0.29, 0.717) is 23.4 Å². The number of hydrogen-bond donors (Lipinski definition) is 1. The predicted octanol–water partition coefficient (Wildman–Crippen LogP) is 4.69. The van der Waals surface area contributed by atoms with Crippen molar-refractivity contribution in [3.63, 3.8) is 0 Å². The van der Waals surface area contributed by atoms with Crippen molar-refractivity contribution in [3.05, 3.63) is 87.7 Å². The molecule has 0 spiro atoms. The monoisotopic (exact) mass is 418 g/mol. The summed E-state index contributed by atoms with van der Waals surface area (Å²) in [6.45, 7) is 3.84. The van der Waals surface area contributed by atoms with Crippen molar-refractivity contribution >= 4 is 28.3 Å². The molecule has 8 nitrogen and oxygen atoms in total. The van der Waals surface area contributed by atoms with Gasteiger partial charge in [0.1, 0.15) is 0 Å². The molecule has 0 bridgehead atoms. The molecule has 2 heterocycles. The Bertz CT molecular complexity index is 1180. The minimum atomic E-state index is -0.436. The summed E-state index contributed by atoms with van der Waals surface area (Å²) in [5.74, 6) is -0.436. The Kier molecular flexibility index (Phi) is 5.53. The SMILES string of the molecule is CCOC(=O)/C=C(/C)N1N=C(c2cccc([N+](=O)[O-])c2)CC1c1cc2ccccc2[nH]1. The Morgan fingerprint density at radius 2 is 2.10 bits per heavy atom. The van der Waals surface area contributed by atoms with Gasteiger partial charge in [-0.15, -0.1) is 0 Å².